The third-order valence-corrected chi connectivity index (χ3v) is 1.70. The molecule has 0 atom stereocenters. The zero-order valence-corrected chi connectivity index (χ0v) is 8.39. The van der Waals surface area contributed by atoms with E-state index in [2.05, 4.69) is 20.6 Å². The zero-order chi connectivity index (χ0) is 9.68. The molecule has 0 spiro atoms. The Labute approximate surface area is 78.8 Å². The number of anilines is 2. The molecule has 0 aliphatic carbocycles. The fraction of sp³-hybridized carbons (Fsp3) is 0.556. The predicted octanol–water partition coefficient (Wildman–Crippen LogP) is 1.51. The van der Waals surface area contributed by atoms with Gasteiger partial charge in [-0.05, 0) is 6.92 Å². The highest BCUT2D eigenvalue weighted by Crippen LogP contribution is 2.10. The average Bonchev–Trinajstić information content (AvgIpc) is 2.17. The molecule has 0 bridgehead atoms. The molecule has 0 aliphatic rings. The van der Waals surface area contributed by atoms with Crippen molar-refractivity contribution in [1.29, 1.82) is 0 Å². The van der Waals surface area contributed by atoms with Crippen LogP contribution in [0.4, 0.5) is 11.6 Å². The standard InChI is InChI=1S/C9H16N4/c1-4-7-12-8(10-3)6-9(13-7)11-5-2/h6H,4-5H2,1-3H3,(H2,10,11,12,13). The SMILES string of the molecule is CCNc1cc(NC)nc(CC)n1. The molecule has 0 amide bonds. The van der Waals surface area contributed by atoms with E-state index in [9.17, 15) is 0 Å². The summed E-state index contributed by atoms with van der Waals surface area (Å²) in [5.74, 6) is 2.62. The molecule has 1 aromatic rings. The molecule has 0 radical (unpaired) electrons. The molecule has 1 aromatic heterocycles. The van der Waals surface area contributed by atoms with E-state index in [0.717, 1.165) is 30.4 Å². The van der Waals surface area contributed by atoms with Gasteiger partial charge in [-0.2, -0.15) is 0 Å². The summed E-state index contributed by atoms with van der Waals surface area (Å²) in [7, 11) is 1.86. The van der Waals surface area contributed by atoms with Crippen LogP contribution < -0.4 is 10.6 Å². The summed E-state index contributed by atoms with van der Waals surface area (Å²) >= 11 is 0. The molecule has 0 aliphatic heterocycles. The number of rotatable bonds is 4. The van der Waals surface area contributed by atoms with E-state index >= 15 is 0 Å². The van der Waals surface area contributed by atoms with Crippen molar-refractivity contribution in [2.24, 2.45) is 0 Å². The van der Waals surface area contributed by atoms with E-state index in [1.54, 1.807) is 0 Å². The minimum absolute atomic E-state index is 0.855. The number of aromatic nitrogens is 2. The largest absolute Gasteiger partial charge is 0.373 e. The molecule has 4 heteroatoms. The molecule has 0 unspecified atom stereocenters. The summed E-state index contributed by atoms with van der Waals surface area (Å²) < 4.78 is 0. The van der Waals surface area contributed by atoms with Crippen molar-refractivity contribution in [3.8, 4) is 0 Å². The van der Waals surface area contributed by atoms with Crippen LogP contribution >= 0.6 is 0 Å². The van der Waals surface area contributed by atoms with Crippen LogP contribution in [0, 0.1) is 0 Å². The molecule has 72 valence electrons. The van der Waals surface area contributed by atoms with Gasteiger partial charge in [-0.25, -0.2) is 9.97 Å². The Hall–Kier alpha value is -1.32. The second-order valence-corrected chi connectivity index (χ2v) is 2.69. The van der Waals surface area contributed by atoms with Crippen LogP contribution in [0.2, 0.25) is 0 Å². The van der Waals surface area contributed by atoms with Gasteiger partial charge in [-0.1, -0.05) is 6.92 Å². The van der Waals surface area contributed by atoms with E-state index < -0.39 is 0 Å². The van der Waals surface area contributed by atoms with E-state index in [1.165, 1.54) is 0 Å². The predicted molar refractivity (Wildman–Crippen MR) is 55.1 cm³/mol. The van der Waals surface area contributed by atoms with Crippen LogP contribution in [0.25, 0.3) is 0 Å². The Bertz CT molecular complexity index is 250. The quantitative estimate of drug-likeness (QED) is 0.737. The first-order valence-corrected chi connectivity index (χ1v) is 4.59. The Morgan fingerprint density at radius 3 is 2.46 bits per heavy atom. The lowest BCUT2D eigenvalue weighted by Crippen LogP contribution is -2.05. The first kappa shape index (κ1) is 9.77. The van der Waals surface area contributed by atoms with Crippen molar-refractivity contribution in [1.82, 2.24) is 9.97 Å². The van der Waals surface area contributed by atoms with Crippen LogP contribution in [0.1, 0.15) is 19.7 Å². The summed E-state index contributed by atoms with van der Waals surface area (Å²) in [6, 6.07) is 1.91. The van der Waals surface area contributed by atoms with Gasteiger partial charge in [0, 0.05) is 26.1 Å². The van der Waals surface area contributed by atoms with Crippen LogP contribution in [0.15, 0.2) is 6.07 Å². The number of aryl methyl sites for hydroxylation is 1. The Morgan fingerprint density at radius 2 is 1.92 bits per heavy atom. The normalized spacial score (nSPS) is 9.77. The molecular weight excluding hydrogens is 164 g/mol. The van der Waals surface area contributed by atoms with Gasteiger partial charge >= 0.3 is 0 Å². The Morgan fingerprint density at radius 1 is 1.23 bits per heavy atom. The van der Waals surface area contributed by atoms with Crippen LogP contribution in [0.5, 0.6) is 0 Å². The van der Waals surface area contributed by atoms with E-state index in [4.69, 9.17) is 0 Å². The summed E-state index contributed by atoms with van der Waals surface area (Å²) in [6.45, 7) is 4.97. The summed E-state index contributed by atoms with van der Waals surface area (Å²) in [4.78, 5) is 8.62. The highest BCUT2D eigenvalue weighted by atomic mass is 15.1. The first-order valence-electron chi connectivity index (χ1n) is 4.59. The maximum Gasteiger partial charge on any atom is 0.132 e. The fourth-order valence-electron chi connectivity index (χ4n) is 1.05. The van der Waals surface area contributed by atoms with Crippen molar-refractivity contribution in [2.75, 3.05) is 24.2 Å². The Kier molecular flexibility index (Phi) is 3.49. The third kappa shape index (κ3) is 2.57. The molecule has 0 aromatic carbocycles. The second-order valence-electron chi connectivity index (χ2n) is 2.69. The molecule has 1 rings (SSSR count). The second kappa shape index (κ2) is 4.64. The van der Waals surface area contributed by atoms with Crippen molar-refractivity contribution in [3.63, 3.8) is 0 Å². The van der Waals surface area contributed by atoms with Crippen LogP contribution in [-0.4, -0.2) is 23.6 Å². The van der Waals surface area contributed by atoms with E-state index in [0.29, 0.717) is 0 Å². The molecule has 0 saturated carbocycles. The maximum atomic E-state index is 4.33. The molecule has 1 heterocycles. The lowest BCUT2D eigenvalue weighted by Gasteiger charge is -2.06. The topological polar surface area (TPSA) is 49.8 Å². The monoisotopic (exact) mass is 180 g/mol. The molecule has 0 fully saturated rings. The zero-order valence-electron chi connectivity index (χ0n) is 8.39. The number of nitrogens with one attached hydrogen (secondary N) is 2. The van der Waals surface area contributed by atoms with Gasteiger partial charge in [0.15, 0.2) is 0 Å². The van der Waals surface area contributed by atoms with Crippen molar-refractivity contribution in [2.45, 2.75) is 20.3 Å². The number of nitrogens with zero attached hydrogens (tertiary/aromatic N) is 2. The molecule has 13 heavy (non-hydrogen) atoms. The molecular formula is C9H16N4. The summed E-state index contributed by atoms with van der Waals surface area (Å²) in [5, 5.41) is 6.18. The number of hydrogen-bond acceptors (Lipinski definition) is 4. The maximum absolute atomic E-state index is 4.33. The molecule has 0 saturated heterocycles. The van der Waals surface area contributed by atoms with Gasteiger partial charge in [-0.15, -0.1) is 0 Å². The van der Waals surface area contributed by atoms with Crippen molar-refractivity contribution in [3.05, 3.63) is 11.9 Å². The lowest BCUT2D eigenvalue weighted by molar-refractivity contribution is 0.937. The van der Waals surface area contributed by atoms with Gasteiger partial charge in [0.2, 0.25) is 0 Å². The van der Waals surface area contributed by atoms with Crippen molar-refractivity contribution >= 4 is 11.6 Å². The van der Waals surface area contributed by atoms with Crippen LogP contribution in [-0.2, 0) is 6.42 Å². The first-order chi connectivity index (χ1) is 6.30. The van der Waals surface area contributed by atoms with Gasteiger partial charge in [0.05, 0.1) is 0 Å². The summed E-state index contributed by atoms with van der Waals surface area (Å²) in [6.07, 6.45) is 0.855. The molecule has 2 N–H and O–H groups in total. The fourth-order valence-corrected chi connectivity index (χ4v) is 1.05. The lowest BCUT2D eigenvalue weighted by atomic mass is 10.4. The Balaban J connectivity index is 2.93. The van der Waals surface area contributed by atoms with E-state index in [-0.39, 0.29) is 0 Å². The third-order valence-electron chi connectivity index (χ3n) is 1.70. The highest BCUT2D eigenvalue weighted by Gasteiger charge is 2.00. The van der Waals surface area contributed by atoms with E-state index in [1.807, 2.05) is 27.0 Å². The van der Waals surface area contributed by atoms with Gasteiger partial charge < -0.3 is 10.6 Å². The van der Waals surface area contributed by atoms with Gasteiger partial charge in [-0.3, -0.25) is 0 Å². The van der Waals surface area contributed by atoms with Gasteiger partial charge in [0.25, 0.3) is 0 Å². The van der Waals surface area contributed by atoms with Crippen LogP contribution in [0.3, 0.4) is 0 Å². The minimum atomic E-state index is 0.855. The summed E-state index contributed by atoms with van der Waals surface area (Å²) in [5.41, 5.74) is 0. The van der Waals surface area contributed by atoms with Crippen molar-refractivity contribution < 1.29 is 0 Å². The molecule has 4 nitrogen and oxygen atoms in total. The average molecular weight is 180 g/mol. The van der Waals surface area contributed by atoms with Gasteiger partial charge in [0.1, 0.15) is 17.5 Å². The smallest absolute Gasteiger partial charge is 0.132 e. The highest BCUT2D eigenvalue weighted by molar-refractivity contribution is 5.47. The minimum Gasteiger partial charge on any atom is -0.373 e. The number of hydrogen-bond donors (Lipinski definition) is 2.